The number of fused-ring (bicyclic) bond motifs is 1. The van der Waals surface area contributed by atoms with Crippen LogP contribution in [0.4, 0.5) is 14.6 Å². The van der Waals surface area contributed by atoms with E-state index < -0.39 is 56.3 Å². The van der Waals surface area contributed by atoms with Gasteiger partial charge in [-0.05, 0) is 43.2 Å². The number of nitrogens with two attached hydrogens (primary N) is 1. The number of carbonyl (C=O) groups is 1. The fourth-order valence-corrected chi connectivity index (χ4v) is 6.51. The van der Waals surface area contributed by atoms with Gasteiger partial charge in [0.25, 0.3) is 0 Å². The van der Waals surface area contributed by atoms with Crippen molar-refractivity contribution in [2.24, 2.45) is 0 Å². The first kappa shape index (κ1) is 32.0. The van der Waals surface area contributed by atoms with Crippen LogP contribution in [0, 0.1) is 18.2 Å². The number of hydrogen-bond donors (Lipinski definition) is 3. The summed E-state index contributed by atoms with van der Waals surface area (Å²) in [6.45, 7) is 0.453. The Morgan fingerprint density at radius 2 is 1.98 bits per heavy atom. The van der Waals surface area contributed by atoms with Gasteiger partial charge in [0.1, 0.15) is 47.6 Å². The SMILES string of the molecule is C#Cc1cn([C@@H]2O[C@H](COP(=O)(NC(Cc3ccccc3)C(=O)OC)Oc3ccc(F)cc3)[C@@H](O)[C@@]2(C)F)c2ncnc(N)c12. The minimum absolute atomic E-state index is 0.0318. The van der Waals surface area contributed by atoms with Gasteiger partial charge in [-0.1, -0.05) is 36.3 Å². The highest BCUT2D eigenvalue weighted by Gasteiger charge is 2.56. The molecule has 0 saturated carbocycles. The molecular formula is C30H30F2N5O7P. The number of rotatable bonds is 11. The summed E-state index contributed by atoms with van der Waals surface area (Å²) < 4.78 is 67.3. The summed E-state index contributed by atoms with van der Waals surface area (Å²) in [5, 5.41) is 13.9. The molecule has 15 heteroatoms. The van der Waals surface area contributed by atoms with Gasteiger partial charge < -0.3 is 29.4 Å². The van der Waals surface area contributed by atoms with Gasteiger partial charge in [0.2, 0.25) is 0 Å². The molecule has 1 saturated heterocycles. The first-order valence-electron chi connectivity index (χ1n) is 13.6. The second-order valence-corrected chi connectivity index (χ2v) is 12.1. The number of hydrogen-bond acceptors (Lipinski definition) is 10. The van der Waals surface area contributed by atoms with E-state index in [1.807, 2.05) is 0 Å². The lowest BCUT2D eigenvalue weighted by Crippen LogP contribution is -2.42. The van der Waals surface area contributed by atoms with Gasteiger partial charge in [-0.15, -0.1) is 6.42 Å². The average Bonchev–Trinajstić information content (AvgIpc) is 3.51. The lowest BCUT2D eigenvalue weighted by Gasteiger charge is -2.26. The Balaban J connectivity index is 1.42. The summed E-state index contributed by atoms with van der Waals surface area (Å²) in [5.74, 6) is 1.12. The van der Waals surface area contributed by atoms with Crippen molar-refractivity contribution in [2.45, 2.75) is 43.5 Å². The van der Waals surface area contributed by atoms with Gasteiger partial charge >= 0.3 is 13.7 Å². The lowest BCUT2D eigenvalue weighted by atomic mass is 9.98. The molecule has 4 aromatic rings. The fraction of sp³-hybridized carbons (Fsp3) is 0.300. The van der Waals surface area contributed by atoms with Crippen LogP contribution >= 0.6 is 7.75 Å². The summed E-state index contributed by atoms with van der Waals surface area (Å²) in [5.41, 5.74) is 4.71. The van der Waals surface area contributed by atoms with E-state index in [4.69, 9.17) is 30.7 Å². The molecule has 1 fully saturated rings. The Morgan fingerprint density at radius 3 is 2.64 bits per heavy atom. The Labute approximate surface area is 257 Å². The highest BCUT2D eigenvalue weighted by Crippen LogP contribution is 2.48. The van der Waals surface area contributed by atoms with Crippen molar-refractivity contribution >= 4 is 30.6 Å². The number of nitrogen functional groups attached to an aromatic ring is 1. The number of terminal acetylenes is 1. The van der Waals surface area contributed by atoms with Crippen molar-refractivity contribution in [3.8, 4) is 18.1 Å². The molecule has 5 rings (SSSR count). The zero-order chi connectivity index (χ0) is 32.4. The third-order valence-electron chi connectivity index (χ3n) is 7.29. The maximum atomic E-state index is 16.2. The summed E-state index contributed by atoms with van der Waals surface area (Å²) in [6.07, 6.45) is 3.58. The van der Waals surface area contributed by atoms with E-state index in [-0.39, 0.29) is 29.2 Å². The monoisotopic (exact) mass is 641 g/mol. The molecule has 236 valence electrons. The maximum Gasteiger partial charge on any atom is 0.459 e. The number of anilines is 1. The number of carbonyl (C=O) groups excluding carboxylic acids is 1. The Morgan fingerprint density at radius 1 is 1.27 bits per heavy atom. The number of alkyl halides is 1. The first-order valence-corrected chi connectivity index (χ1v) is 15.2. The Bertz CT molecular complexity index is 1760. The summed E-state index contributed by atoms with van der Waals surface area (Å²) in [7, 11) is -3.37. The maximum absolute atomic E-state index is 16.2. The van der Waals surface area contributed by atoms with E-state index in [0.29, 0.717) is 10.9 Å². The molecular weight excluding hydrogens is 611 g/mol. The molecule has 1 aliphatic heterocycles. The zero-order valence-electron chi connectivity index (χ0n) is 24.2. The van der Waals surface area contributed by atoms with Crippen LogP contribution in [0.1, 0.15) is 24.3 Å². The van der Waals surface area contributed by atoms with Crippen molar-refractivity contribution in [3.05, 3.63) is 84.1 Å². The van der Waals surface area contributed by atoms with Gasteiger partial charge in [-0.25, -0.2) is 23.3 Å². The number of aliphatic hydroxyl groups excluding tert-OH is 1. The van der Waals surface area contributed by atoms with Crippen LogP contribution in [0.2, 0.25) is 0 Å². The average molecular weight is 642 g/mol. The number of nitrogens with zero attached hydrogens (tertiary/aromatic N) is 3. The van der Waals surface area contributed by atoms with Crippen molar-refractivity contribution in [3.63, 3.8) is 0 Å². The fourth-order valence-electron chi connectivity index (χ4n) is 5.01. The lowest BCUT2D eigenvalue weighted by molar-refractivity contribution is -0.142. The standard InChI is InChI=1S/C30H30F2N5O7P/c1-4-19-15-37(27-24(19)26(33)34-17-35-27)29-30(2,32)25(38)23(43-29)16-42-45(40,44-21-12-10-20(31)11-13-21)36-22(28(39)41-3)14-18-8-6-5-7-9-18/h1,5-13,15,17,22-23,25,29,38H,14,16H2,2-3H3,(H,36,40)(H2,33,34,35)/t22?,23-,25-,29-,30-,45?/m1/s1. The van der Waals surface area contributed by atoms with Crippen LogP contribution in [0.25, 0.3) is 11.0 Å². The van der Waals surface area contributed by atoms with E-state index >= 15 is 4.39 Å². The van der Waals surface area contributed by atoms with Crippen LogP contribution in [0.15, 0.2) is 67.1 Å². The third-order valence-corrected chi connectivity index (χ3v) is 8.86. The Kier molecular flexibility index (Phi) is 9.20. The van der Waals surface area contributed by atoms with Crippen LogP contribution < -0.4 is 15.3 Å². The third kappa shape index (κ3) is 6.68. The molecule has 0 bridgehead atoms. The van der Waals surface area contributed by atoms with Crippen molar-refractivity contribution < 1.29 is 41.8 Å². The van der Waals surface area contributed by atoms with Crippen molar-refractivity contribution in [1.82, 2.24) is 19.6 Å². The molecule has 0 aliphatic carbocycles. The predicted octanol–water partition coefficient (Wildman–Crippen LogP) is 3.70. The normalized spacial score (nSPS) is 23.2. The number of benzene rings is 2. The molecule has 1 aliphatic rings. The number of aromatic nitrogens is 3. The second-order valence-electron chi connectivity index (χ2n) is 10.4. The van der Waals surface area contributed by atoms with Gasteiger partial charge in [0.15, 0.2) is 11.9 Å². The quantitative estimate of drug-likeness (QED) is 0.125. The highest BCUT2D eigenvalue weighted by molar-refractivity contribution is 7.52. The minimum Gasteiger partial charge on any atom is -0.468 e. The summed E-state index contributed by atoms with van der Waals surface area (Å²) >= 11 is 0. The number of methoxy groups -OCH3 is 1. The van der Waals surface area contributed by atoms with E-state index in [2.05, 4.69) is 21.0 Å². The summed E-state index contributed by atoms with van der Waals surface area (Å²) in [6, 6.07) is 12.2. The number of halogens is 2. The summed E-state index contributed by atoms with van der Waals surface area (Å²) in [4.78, 5) is 20.8. The second kappa shape index (κ2) is 12.9. The molecule has 2 unspecified atom stereocenters. The zero-order valence-corrected chi connectivity index (χ0v) is 25.1. The molecule has 6 atom stereocenters. The van der Waals surface area contributed by atoms with E-state index in [9.17, 15) is 18.9 Å². The van der Waals surface area contributed by atoms with E-state index in [1.165, 1.54) is 29.2 Å². The molecule has 0 amide bonds. The van der Waals surface area contributed by atoms with Crippen molar-refractivity contribution in [2.75, 3.05) is 19.5 Å². The molecule has 2 aromatic carbocycles. The number of nitrogens with one attached hydrogen (secondary N) is 1. The van der Waals surface area contributed by atoms with Gasteiger partial charge in [0.05, 0.1) is 24.7 Å². The van der Waals surface area contributed by atoms with Crippen LogP contribution in [-0.2, 0) is 29.8 Å². The van der Waals surface area contributed by atoms with Gasteiger partial charge in [-0.3, -0.25) is 9.32 Å². The van der Waals surface area contributed by atoms with Crippen LogP contribution in [0.3, 0.4) is 0 Å². The van der Waals surface area contributed by atoms with Gasteiger partial charge in [0, 0.05) is 6.20 Å². The highest BCUT2D eigenvalue weighted by atomic mass is 31.2. The van der Waals surface area contributed by atoms with Crippen molar-refractivity contribution in [1.29, 1.82) is 0 Å². The Hall–Kier alpha value is -4.38. The number of ether oxygens (including phenoxy) is 2. The number of aliphatic hydroxyl groups is 1. The van der Waals surface area contributed by atoms with Crippen LogP contribution in [-0.4, -0.2) is 63.2 Å². The topological polar surface area (TPSA) is 160 Å². The van der Waals surface area contributed by atoms with E-state index in [0.717, 1.165) is 26.2 Å². The molecule has 0 spiro atoms. The molecule has 2 aromatic heterocycles. The van der Waals surface area contributed by atoms with Crippen LogP contribution in [0.5, 0.6) is 5.75 Å². The smallest absolute Gasteiger partial charge is 0.459 e. The van der Waals surface area contributed by atoms with E-state index in [1.54, 1.807) is 30.3 Å². The first-order chi connectivity index (χ1) is 21.5. The van der Waals surface area contributed by atoms with Gasteiger partial charge in [-0.2, -0.15) is 5.09 Å². The molecule has 4 N–H and O–H groups in total. The molecule has 12 nitrogen and oxygen atoms in total. The predicted molar refractivity (Wildman–Crippen MR) is 159 cm³/mol. The molecule has 0 radical (unpaired) electrons. The largest absolute Gasteiger partial charge is 0.468 e. The minimum atomic E-state index is -4.53. The molecule has 45 heavy (non-hydrogen) atoms. The molecule has 3 heterocycles. The number of esters is 1.